The van der Waals surface area contributed by atoms with Crippen LogP contribution < -0.4 is 4.31 Å². The normalized spacial score (nSPS) is 15.1. The maximum atomic E-state index is 13.9. The molecule has 1 saturated heterocycles. The van der Waals surface area contributed by atoms with Gasteiger partial charge in [0.1, 0.15) is 23.0 Å². The monoisotopic (exact) mass is 698 g/mol. The van der Waals surface area contributed by atoms with Gasteiger partial charge >= 0.3 is 6.09 Å². The maximum absolute atomic E-state index is 13.9. The average Bonchev–Trinajstić information content (AvgIpc) is 3.44. The van der Waals surface area contributed by atoms with E-state index in [1.54, 1.807) is 71.0 Å². The van der Waals surface area contributed by atoms with Crippen LogP contribution in [0.25, 0.3) is 33.4 Å². The summed E-state index contributed by atoms with van der Waals surface area (Å²) in [4.78, 5) is 43.0. The number of ketones is 1. The molecule has 0 saturated carbocycles. The third-order valence-electron chi connectivity index (χ3n) is 8.54. The number of amides is 2. The minimum absolute atomic E-state index is 0.00445. The van der Waals surface area contributed by atoms with E-state index in [0.29, 0.717) is 44.7 Å². The minimum atomic E-state index is -3.76. The minimum Gasteiger partial charge on any atom is -0.455 e. The topological polar surface area (TPSA) is 141 Å². The molecule has 5 rings (SSSR count). The predicted molar refractivity (Wildman–Crippen MR) is 193 cm³/mol. The molecule has 1 atom stereocenters. The molecule has 0 unspecified atom stereocenters. The van der Waals surface area contributed by atoms with Crippen LogP contribution in [0.1, 0.15) is 67.3 Å². The zero-order chi connectivity index (χ0) is 36.5. The van der Waals surface area contributed by atoms with Crippen LogP contribution in [0.3, 0.4) is 0 Å². The zero-order valence-corrected chi connectivity index (χ0v) is 30.3. The Labute approximate surface area is 293 Å². The third kappa shape index (κ3) is 7.38. The molecule has 11 nitrogen and oxygen atoms in total. The van der Waals surface area contributed by atoms with Crippen molar-refractivity contribution < 1.29 is 32.0 Å². The Hall–Kier alpha value is -5.15. The summed E-state index contributed by atoms with van der Waals surface area (Å²) >= 11 is 0. The predicted octanol–water partition coefficient (Wildman–Crippen LogP) is 7.04. The Kier molecular flexibility index (Phi) is 10.1. The number of Topliss-reactive ketones (excluding diaryl/α,β-unsaturated/α-hetero) is 1. The van der Waals surface area contributed by atoms with Crippen LogP contribution in [0.2, 0.25) is 0 Å². The van der Waals surface area contributed by atoms with E-state index in [4.69, 9.17) is 9.15 Å². The highest BCUT2D eigenvalue weighted by atomic mass is 32.2. The Morgan fingerprint density at radius 2 is 1.72 bits per heavy atom. The number of nitriles is 1. The van der Waals surface area contributed by atoms with Gasteiger partial charge in [0.15, 0.2) is 5.78 Å². The molecule has 1 aliphatic heterocycles. The van der Waals surface area contributed by atoms with Crippen molar-refractivity contribution in [2.24, 2.45) is 0 Å². The van der Waals surface area contributed by atoms with E-state index in [-0.39, 0.29) is 43.9 Å². The van der Waals surface area contributed by atoms with Crippen LogP contribution >= 0.6 is 0 Å². The molecule has 0 N–H and O–H groups in total. The first-order chi connectivity index (χ1) is 23.6. The van der Waals surface area contributed by atoms with Crippen LogP contribution in [0.15, 0.2) is 65.1 Å². The molecule has 4 aromatic rings. The molecule has 50 heavy (non-hydrogen) atoms. The van der Waals surface area contributed by atoms with E-state index >= 15 is 0 Å². The Morgan fingerprint density at radius 1 is 1.02 bits per heavy atom. The fraction of sp³-hybridized carbons (Fsp3) is 0.368. The highest BCUT2D eigenvalue weighted by Gasteiger charge is 2.35. The summed E-state index contributed by atoms with van der Waals surface area (Å²) in [6.45, 7) is 11.2. The van der Waals surface area contributed by atoms with E-state index in [0.717, 1.165) is 11.8 Å². The van der Waals surface area contributed by atoms with E-state index in [9.17, 15) is 28.1 Å². The number of nitrogens with zero attached hydrogens (tertiary/aromatic N) is 4. The summed E-state index contributed by atoms with van der Waals surface area (Å²) in [5, 5.41) is 10.5. The number of carbonyl (C=O) groups is 3. The van der Waals surface area contributed by atoms with Gasteiger partial charge in [0, 0.05) is 54.2 Å². The molecule has 2 heterocycles. The second-order valence-corrected chi connectivity index (χ2v) is 15.3. The Morgan fingerprint density at radius 3 is 2.32 bits per heavy atom. The SMILES string of the molecule is CCC(=O)c1c(-c2ccc(C)cc2)oc2cc(N(CC)S(C)(=O)=O)c(-c3cccc(C(=O)N4CCN(C(=O)OC(C)(C)C)C[C@H]4C#N)c3)cc12. The van der Waals surface area contributed by atoms with E-state index in [1.165, 1.54) is 14.1 Å². The fourth-order valence-corrected chi connectivity index (χ4v) is 7.11. The molecule has 1 aliphatic rings. The van der Waals surface area contributed by atoms with Gasteiger partial charge in [0.25, 0.3) is 5.91 Å². The molecule has 2 amide bonds. The van der Waals surface area contributed by atoms with Crippen molar-refractivity contribution in [3.05, 3.63) is 77.4 Å². The number of anilines is 1. The average molecular weight is 699 g/mol. The molecule has 1 aromatic heterocycles. The van der Waals surface area contributed by atoms with Gasteiger partial charge in [-0.3, -0.25) is 13.9 Å². The second kappa shape index (κ2) is 14.0. The summed E-state index contributed by atoms with van der Waals surface area (Å²) in [6, 6.07) is 19.0. The van der Waals surface area contributed by atoms with Crippen molar-refractivity contribution in [3.8, 4) is 28.5 Å². The lowest BCUT2D eigenvalue weighted by Crippen LogP contribution is -2.56. The number of carbonyl (C=O) groups excluding carboxylic acids is 3. The zero-order valence-electron chi connectivity index (χ0n) is 29.4. The van der Waals surface area contributed by atoms with Crippen molar-refractivity contribution in [2.75, 3.05) is 36.7 Å². The largest absolute Gasteiger partial charge is 0.455 e. The second-order valence-electron chi connectivity index (χ2n) is 13.4. The number of furan rings is 1. The molecule has 3 aromatic carbocycles. The van der Waals surface area contributed by atoms with Gasteiger partial charge < -0.3 is 19.0 Å². The summed E-state index contributed by atoms with van der Waals surface area (Å²) in [5.41, 5.74) is 3.42. The number of benzene rings is 3. The summed E-state index contributed by atoms with van der Waals surface area (Å²) in [6.07, 6.45) is 0.794. The molecule has 0 spiro atoms. The maximum Gasteiger partial charge on any atom is 0.410 e. The van der Waals surface area contributed by atoms with Gasteiger partial charge in [-0.25, -0.2) is 13.2 Å². The van der Waals surface area contributed by atoms with Crippen LogP contribution in [0, 0.1) is 18.3 Å². The quantitative estimate of drug-likeness (QED) is 0.179. The van der Waals surface area contributed by atoms with Crippen molar-refractivity contribution >= 4 is 44.5 Å². The molecular formula is C38H42N4O7S. The molecular weight excluding hydrogens is 657 g/mol. The van der Waals surface area contributed by atoms with Crippen molar-refractivity contribution in [3.63, 3.8) is 0 Å². The number of rotatable bonds is 8. The van der Waals surface area contributed by atoms with Crippen molar-refractivity contribution in [1.29, 1.82) is 5.26 Å². The highest BCUT2D eigenvalue weighted by Crippen LogP contribution is 2.42. The summed E-state index contributed by atoms with van der Waals surface area (Å²) in [7, 11) is -3.76. The van der Waals surface area contributed by atoms with Crippen LogP contribution in [-0.2, 0) is 14.8 Å². The molecule has 262 valence electrons. The molecule has 12 heteroatoms. The van der Waals surface area contributed by atoms with E-state index in [1.807, 2.05) is 31.2 Å². The fourth-order valence-electron chi connectivity index (χ4n) is 6.13. The lowest BCUT2D eigenvalue weighted by Gasteiger charge is -2.38. The summed E-state index contributed by atoms with van der Waals surface area (Å²) in [5.74, 6) is -0.146. The number of hydrogen-bond acceptors (Lipinski definition) is 8. The molecule has 0 radical (unpaired) electrons. The number of piperazine rings is 1. The van der Waals surface area contributed by atoms with Crippen LogP contribution in [0.4, 0.5) is 10.5 Å². The number of ether oxygens (including phenoxy) is 1. The number of fused-ring (bicyclic) bond motifs is 1. The van der Waals surface area contributed by atoms with E-state index in [2.05, 4.69) is 6.07 Å². The molecule has 1 fully saturated rings. The first-order valence-electron chi connectivity index (χ1n) is 16.5. The first-order valence-corrected chi connectivity index (χ1v) is 18.4. The smallest absolute Gasteiger partial charge is 0.410 e. The number of sulfonamides is 1. The van der Waals surface area contributed by atoms with Crippen molar-refractivity contribution in [2.45, 2.75) is 59.6 Å². The molecule has 0 bridgehead atoms. The lowest BCUT2D eigenvalue weighted by molar-refractivity contribution is 0.00926. The summed E-state index contributed by atoms with van der Waals surface area (Å²) < 4.78 is 39.2. The van der Waals surface area contributed by atoms with Crippen molar-refractivity contribution in [1.82, 2.24) is 9.80 Å². The first kappa shape index (κ1) is 36.1. The molecule has 0 aliphatic carbocycles. The lowest BCUT2D eigenvalue weighted by atomic mass is 9.95. The number of hydrogen-bond donors (Lipinski definition) is 0. The van der Waals surface area contributed by atoms with Gasteiger partial charge in [-0.15, -0.1) is 0 Å². The third-order valence-corrected chi connectivity index (χ3v) is 9.79. The van der Waals surface area contributed by atoms with Crippen LogP contribution in [0.5, 0.6) is 0 Å². The Bertz CT molecular complexity index is 2110. The van der Waals surface area contributed by atoms with E-state index < -0.39 is 33.7 Å². The number of aryl methyl sites for hydroxylation is 1. The van der Waals surface area contributed by atoms with Gasteiger partial charge in [-0.05, 0) is 58.4 Å². The van der Waals surface area contributed by atoms with Gasteiger partial charge in [-0.2, -0.15) is 5.26 Å². The van der Waals surface area contributed by atoms with Gasteiger partial charge in [0.05, 0.1) is 30.1 Å². The highest BCUT2D eigenvalue weighted by molar-refractivity contribution is 7.92. The van der Waals surface area contributed by atoms with Crippen LogP contribution in [-0.4, -0.2) is 80.1 Å². The van der Waals surface area contributed by atoms with Gasteiger partial charge in [0.2, 0.25) is 10.0 Å². The Balaban J connectivity index is 1.62. The standard InChI is InChI=1S/C38H42N4O7S/c1-8-32(43)34-30-20-29(31(42(9-2)50(7,46)47)21-33(30)48-35(34)25-15-13-24(3)14-16-25)26-11-10-12-27(19-26)36(44)41-18-17-40(23-28(41)22-39)37(45)49-38(4,5)6/h10-16,19-21,28H,8-9,17-18,23H2,1-7H3/t28-/m1/s1. The van der Waals surface area contributed by atoms with Gasteiger partial charge in [-0.1, -0.05) is 48.9 Å².